The number of halogens is 1. The number of carbonyl (C=O) groups excluding carboxylic acids is 1. The van der Waals surface area contributed by atoms with E-state index in [1.807, 2.05) is 4.08 Å². The van der Waals surface area contributed by atoms with Gasteiger partial charge in [-0.05, 0) is 22.5 Å². The zero-order chi connectivity index (χ0) is 10.6. The highest BCUT2D eigenvalue weighted by Crippen LogP contribution is 2.46. The van der Waals surface area contributed by atoms with Crippen LogP contribution in [0.25, 0.3) is 0 Å². The molecule has 1 saturated carbocycles. The lowest BCUT2D eigenvalue weighted by molar-refractivity contribution is 0.0575. The van der Waals surface area contributed by atoms with Crippen LogP contribution < -0.4 is 0 Å². The average molecular weight is 321 g/mol. The van der Waals surface area contributed by atoms with Crippen molar-refractivity contribution in [3.63, 3.8) is 0 Å². The van der Waals surface area contributed by atoms with Gasteiger partial charge in [0.2, 0.25) is 0 Å². The van der Waals surface area contributed by atoms with E-state index in [0.29, 0.717) is 5.92 Å². The second-order valence-corrected chi connectivity index (χ2v) is 4.96. The van der Waals surface area contributed by atoms with Crippen LogP contribution in [-0.4, -0.2) is 40.9 Å². The first kappa shape index (κ1) is 9.89. The molecular weight excluding hydrogens is 309 g/mol. The maximum absolute atomic E-state index is 11.5. The second kappa shape index (κ2) is 3.35. The number of ether oxygens (including phenoxy) is 1. The van der Waals surface area contributed by atoms with Gasteiger partial charge in [-0.25, -0.2) is 4.79 Å². The summed E-state index contributed by atoms with van der Waals surface area (Å²) in [5, 5.41) is 10.0. The Morgan fingerprint density at radius 2 is 2.40 bits per heavy atom. The minimum Gasteiger partial charge on any atom is -0.441 e. The molecule has 3 fully saturated rings. The van der Waals surface area contributed by atoms with E-state index in [-0.39, 0.29) is 18.2 Å². The van der Waals surface area contributed by atoms with Crippen LogP contribution in [0, 0.1) is 5.92 Å². The molecule has 2 saturated heterocycles. The van der Waals surface area contributed by atoms with Crippen LogP contribution in [-0.2, 0) is 4.74 Å². The van der Waals surface area contributed by atoms with Crippen molar-refractivity contribution in [1.29, 1.82) is 0 Å². The molecule has 0 bridgehead atoms. The van der Waals surface area contributed by atoms with Gasteiger partial charge < -0.3 is 14.7 Å². The predicted molar refractivity (Wildman–Crippen MR) is 61.6 cm³/mol. The summed E-state index contributed by atoms with van der Waals surface area (Å²) in [6.07, 6.45) is 0.887. The highest BCUT2D eigenvalue weighted by Gasteiger charge is 2.57. The third-order valence-electron chi connectivity index (χ3n) is 3.70. The van der Waals surface area contributed by atoms with Crippen LogP contribution in [0.3, 0.4) is 0 Å². The zero-order valence-electron chi connectivity index (χ0n) is 8.10. The maximum Gasteiger partial charge on any atom is 0.410 e. The van der Waals surface area contributed by atoms with E-state index in [9.17, 15) is 9.90 Å². The van der Waals surface area contributed by atoms with E-state index in [4.69, 9.17) is 4.74 Å². The molecule has 2 aliphatic heterocycles. The quantitative estimate of drug-likeness (QED) is 0.684. The third kappa shape index (κ3) is 1.19. The SMILES string of the molecule is O=C1O[C@@H]2C(O)/C(=C\I)[C@@H]3CCCN1C23. The van der Waals surface area contributed by atoms with Crippen LogP contribution in [0.5, 0.6) is 0 Å². The summed E-state index contributed by atoms with van der Waals surface area (Å²) in [6.45, 7) is 0.776. The van der Waals surface area contributed by atoms with Gasteiger partial charge in [-0.15, -0.1) is 0 Å². The van der Waals surface area contributed by atoms with Crippen molar-refractivity contribution in [2.75, 3.05) is 6.54 Å². The molecule has 4 atom stereocenters. The number of nitrogens with zero attached hydrogens (tertiary/aromatic N) is 1. The number of carbonyl (C=O) groups is 1. The summed E-state index contributed by atoms with van der Waals surface area (Å²) in [7, 11) is 0. The Morgan fingerprint density at radius 1 is 1.60 bits per heavy atom. The molecule has 0 aromatic heterocycles. The summed E-state index contributed by atoms with van der Waals surface area (Å²) in [4.78, 5) is 13.3. The Hall–Kier alpha value is -0.300. The Balaban J connectivity index is 2.01. The van der Waals surface area contributed by atoms with E-state index in [2.05, 4.69) is 22.6 Å². The fourth-order valence-corrected chi connectivity index (χ4v) is 3.89. The van der Waals surface area contributed by atoms with Gasteiger partial charge in [0.25, 0.3) is 0 Å². The molecule has 0 aromatic rings. The van der Waals surface area contributed by atoms with E-state index in [0.717, 1.165) is 25.0 Å². The first-order chi connectivity index (χ1) is 7.24. The molecule has 3 rings (SSSR count). The Labute approximate surface area is 101 Å². The van der Waals surface area contributed by atoms with Gasteiger partial charge in [-0.1, -0.05) is 22.6 Å². The topological polar surface area (TPSA) is 49.8 Å². The van der Waals surface area contributed by atoms with Crippen molar-refractivity contribution < 1.29 is 14.6 Å². The van der Waals surface area contributed by atoms with Gasteiger partial charge in [-0.3, -0.25) is 0 Å². The van der Waals surface area contributed by atoms with Gasteiger partial charge >= 0.3 is 6.09 Å². The number of piperidine rings is 1. The monoisotopic (exact) mass is 321 g/mol. The van der Waals surface area contributed by atoms with Crippen molar-refractivity contribution in [2.24, 2.45) is 5.92 Å². The van der Waals surface area contributed by atoms with Crippen LogP contribution in [0.4, 0.5) is 4.79 Å². The normalized spacial score (nSPS) is 45.9. The third-order valence-corrected chi connectivity index (χ3v) is 4.42. The second-order valence-electron chi connectivity index (χ2n) is 4.34. The molecular formula is C10H12INO3. The molecule has 0 spiro atoms. The lowest BCUT2D eigenvalue weighted by Gasteiger charge is -2.31. The summed E-state index contributed by atoms with van der Waals surface area (Å²) in [6, 6.07) is 0.0854. The molecule has 1 aliphatic carbocycles. The minimum atomic E-state index is -0.594. The highest BCUT2D eigenvalue weighted by molar-refractivity contribution is 14.1. The van der Waals surface area contributed by atoms with Crippen LogP contribution in [0.15, 0.2) is 9.66 Å². The van der Waals surface area contributed by atoms with Crippen molar-refractivity contribution >= 4 is 28.7 Å². The summed E-state index contributed by atoms with van der Waals surface area (Å²) >= 11 is 2.16. The van der Waals surface area contributed by atoms with E-state index in [1.165, 1.54) is 0 Å². The summed E-state index contributed by atoms with van der Waals surface area (Å²) < 4.78 is 7.18. The molecule has 2 unspecified atom stereocenters. The van der Waals surface area contributed by atoms with E-state index < -0.39 is 6.10 Å². The minimum absolute atomic E-state index is 0.0854. The zero-order valence-corrected chi connectivity index (χ0v) is 10.3. The van der Waals surface area contributed by atoms with E-state index >= 15 is 0 Å². The first-order valence-electron chi connectivity index (χ1n) is 5.19. The molecule has 4 nitrogen and oxygen atoms in total. The lowest BCUT2D eigenvalue weighted by atomic mass is 9.90. The van der Waals surface area contributed by atoms with Gasteiger partial charge in [0, 0.05) is 12.5 Å². The van der Waals surface area contributed by atoms with Crippen molar-refractivity contribution in [2.45, 2.75) is 31.1 Å². The van der Waals surface area contributed by atoms with Gasteiger partial charge in [0.1, 0.15) is 6.10 Å². The smallest absolute Gasteiger partial charge is 0.410 e. The average Bonchev–Trinajstić information content (AvgIpc) is 2.70. The Bertz CT molecular complexity index is 344. The number of aliphatic hydroxyl groups is 1. The predicted octanol–water partition coefficient (Wildman–Crippen LogP) is 1.28. The maximum atomic E-state index is 11.5. The van der Waals surface area contributed by atoms with Gasteiger partial charge in [0.15, 0.2) is 6.10 Å². The van der Waals surface area contributed by atoms with Crippen molar-refractivity contribution in [3.8, 4) is 0 Å². The molecule has 0 aromatic carbocycles. The molecule has 3 aliphatic rings. The highest BCUT2D eigenvalue weighted by atomic mass is 127. The molecule has 2 heterocycles. The lowest BCUT2D eigenvalue weighted by Crippen LogP contribution is -2.43. The van der Waals surface area contributed by atoms with Gasteiger partial charge in [-0.2, -0.15) is 0 Å². The molecule has 0 radical (unpaired) electrons. The standard InChI is InChI=1S/C10H12INO3/c11-4-6-5-2-1-3-12-7(5)9(8(6)13)15-10(12)14/h4-5,7-9,13H,1-3H2/b6-4-/t5-,7?,8?,9-/m0/s1. The summed E-state index contributed by atoms with van der Waals surface area (Å²) in [5.41, 5.74) is 1.04. The number of rotatable bonds is 0. The van der Waals surface area contributed by atoms with Gasteiger partial charge in [0.05, 0.1) is 6.04 Å². The fraction of sp³-hybridized carbons (Fsp3) is 0.700. The Morgan fingerprint density at radius 3 is 3.13 bits per heavy atom. The number of hydrogen-bond acceptors (Lipinski definition) is 3. The van der Waals surface area contributed by atoms with E-state index in [1.54, 1.807) is 4.90 Å². The molecule has 1 amide bonds. The van der Waals surface area contributed by atoms with Crippen molar-refractivity contribution in [1.82, 2.24) is 4.90 Å². The molecule has 15 heavy (non-hydrogen) atoms. The fourth-order valence-electron chi connectivity index (χ4n) is 3.06. The largest absolute Gasteiger partial charge is 0.441 e. The van der Waals surface area contributed by atoms with Crippen LogP contribution in [0.2, 0.25) is 0 Å². The van der Waals surface area contributed by atoms with Crippen LogP contribution in [0.1, 0.15) is 12.8 Å². The summed E-state index contributed by atoms with van der Waals surface area (Å²) in [5.74, 6) is 0.307. The van der Waals surface area contributed by atoms with Crippen molar-refractivity contribution in [3.05, 3.63) is 9.66 Å². The Kier molecular flexibility index (Phi) is 2.21. The first-order valence-corrected chi connectivity index (χ1v) is 6.44. The van der Waals surface area contributed by atoms with Crippen LogP contribution >= 0.6 is 22.6 Å². The molecule has 1 N–H and O–H groups in total. The molecule has 82 valence electrons. The number of amides is 1. The number of aliphatic hydroxyl groups excluding tert-OH is 1. The molecule has 5 heteroatoms. The number of hydrogen-bond donors (Lipinski definition) is 1.